The first-order valence-electron chi connectivity index (χ1n) is 22.2. The van der Waals surface area contributed by atoms with Crippen LogP contribution in [-0.4, -0.2) is 49.3 Å². The summed E-state index contributed by atoms with van der Waals surface area (Å²) in [7, 11) is -4.37. The lowest BCUT2D eigenvalue weighted by atomic mass is 10.0. The lowest BCUT2D eigenvalue weighted by Crippen LogP contribution is -2.29. The van der Waals surface area contributed by atoms with Crippen LogP contribution >= 0.6 is 7.82 Å². The summed E-state index contributed by atoms with van der Waals surface area (Å²) in [5.41, 5.74) is 5.35. The minimum absolute atomic E-state index is 0.0540. The Morgan fingerprint density at radius 1 is 0.547 bits per heavy atom. The Morgan fingerprint density at radius 3 is 1.36 bits per heavy atom. The Morgan fingerprint density at radius 2 is 0.925 bits per heavy atom. The van der Waals surface area contributed by atoms with E-state index in [-0.39, 0.29) is 38.6 Å². The van der Waals surface area contributed by atoms with Gasteiger partial charge in [0.15, 0.2) is 6.10 Å². The summed E-state index contributed by atoms with van der Waals surface area (Å²) in [5, 5.41) is 0. The van der Waals surface area contributed by atoms with E-state index in [2.05, 4.69) is 26.0 Å². The van der Waals surface area contributed by atoms with Crippen molar-refractivity contribution in [3.05, 3.63) is 12.2 Å². The Bertz CT molecular complexity index is 886. The van der Waals surface area contributed by atoms with Crippen LogP contribution in [0.3, 0.4) is 0 Å². The van der Waals surface area contributed by atoms with E-state index in [1.807, 2.05) is 0 Å². The molecule has 0 saturated heterocycles. The molecule has 0 fully saturated rings. The summed E-state index contributed by atoms with van der Waals surface area (Å²) in [6, 6.07) is 0. The molecule has 0 aliphatic heterocycles. The maximum absolute atomic E-state index is 12.6. The molecule has 0 aromatic carbocycles. The van der Waals surface area contributed by atoms with E-state index in [9.17, 15) is 19.0 Å². The number of phosphoric acid groups is 1. The second-order valence-corrected chi connectivity index (χ2v) is 16.4. The number of unbranched alkanes of at least 4 members (excludes halogenated alkanes) is 27. The average molecular weight is 774 g/mol. The van der Waals surface area contributed by atoms with Gasteiger partial charge in [-0.25, -0.2) is 4.57 Å². The van der Waals surface area contributed by atoms with Gasteiger partial charge in [0.25, 0.3) is 0 Å². The molecule has 10 heteroatoms. The molecule has 0 radical (unpaired) electrons. The van der Waals surface area contributed by atoms with E-state index in [0.29, 0.717) is 6.42 Å². The lowest BCUT2D eigenvalue weighted by molar-refractivity contribution is -0.161. The third kappa shape index (κ3) is 40.2. The van der Waals surface area contributed by atoms with Crippen molar-refractivity contribution in [1.82, 2.24) is 0 Å². The first-order valence-corrected chi connectivity index (χ1v) is 23.7. The van der Waals surface area contributed by atoms with Gasteiger partial charge in [0.05, 0.1) is 13.2 Å². The van der Waals surface area contributed by atoms with Crippen LogP contribution in [0.15, 0.2) is 12.2 Å². The van der Waals surface area contributed by atoms with Gasteiger partial charge >= 0.3 is 19.8 Å². The number of carbonyl (C=O) groups excluding carboxylic acids is 2. The molecule has 0 heterocycles. The Kier molecular flexibility index (Phi) is 39.5. The highest BCUT2D eigenvalue weighted by Gasteiger charge is 2.26. The number of allylic oxidation sites excluding steroid dienone is 2. The number of nitrogens with two attached hydrogens (primary N) is 1. The summed E-state index contributed by atoms with van der Waals surface area (Å²) in [6.07, 6.45) is 41.0. The molecule has 0 spiro atoms. The molecule has 314 valence electrons. The van der Waals surface area contributed by atoms with Gasteiger partial charge in [0, 0.05) is 19.4 Å². The molecule has 0 aromatic heterocycles. The summed E-state index contributed by atoms with van der Waals surface area (Å²) < 4.78 is 32.8. The van der Waals surface area contributed by atoms with Crippen molar-refractivity contribution in [3.63, 3.8) is 0 Å². The van der Waals surface area contributed by atoms with E-state index >= 15 is 0 Å². The van der Waals surface area contributed by atoms with E-state index in [1.165, 1.54) is 141 Å². The monoisotopic (exact) mass is 774 g/mol. The molecule has 2 atom stereocenters. The summed E-state index contributed by atoms with van der Waals surface area (Å²) in [6.45, 7) is 3.74. The van der Waals surface area contributed by atoms with Crippen molar-refractivity contribution < 1.29 is 37.6 Å². The van der Waals surface area contributed by atoms with E-state index in [0.717, 1.165) is 44.9 Å². The zero-order chi connectivity index (χ0) is 38.9. The fraction of sp³-hybridized carbons (Fsp3) is 0.907. The Hall–Kier alpha value is -1.25. The van der Waals surface area contributed by atoms with Crippen LogP contribution in [0.25, 0.3) is 0 Å². The maximum Gasteiger partial charge on any atom is 0.472 e. The highest BCUT2D eigenvalue weighted by atomic mass is 31.2. The van der Waals surface area contributed by atoms with Gasteiger partial charge < -0.3 is 20.1 Å². The first-order chi connectivity index (χ1) is 25.8. The van der Waals surface area contributed by atoms with E-state index in [4.69, 9.17) is 24.3 Å². The Labute approximate surface area is 326 Å². The standard InChI is InChI=1S/C43H84NO8P/c1-3-5-7-9-11-13-15-17-19-20-22-23-25-27-29-31-33-35-42(45)49-39-41(40-51-53(47,48)50-38-37-44)52-43(46)36-34-32-30-28-26-24-21-18-16-14-12-10-8-6-4-2/h24,26,41H,3-23,25,27-40,44H2,1-2H3,(H,47,48)/b26-24-/t41-/m1/s1. The normalized spacial score (nSPS) is 13.4. The molecular formula is C43H84NO8P. The van der Waals surface area contributed by atoms with Crippen molar-refractivity contribution in [1.29, 1.82) is 0 Å². The van der Waals surface area contributed by atoms with Gasteiger partial charge in [-0.3, -0.25) is 18.6 Å². The van der Waals surface area contributed by atoms with Gasteiger partial charge in [-0.1, -0.05) is 180 Å². The predicted molar refractivity (Wildman–Crippen MR) is 220 cm³/mol. The lowest BCUT2D eigenvalue weighted by Gasteiger charge is -2.19. The fourth-order valence-corrected chi connectivity index (χ4v) is 7.10. The molecule has 0 aromatic rings. The van der Waals surface area contributed by atoms with Gasteiger partial charge in [-0.2, -0.15) is 0 Å². The minimum Gasteiger partial charge on any atom is -0.462 e. The van der Waals surface area contributed by atoms with Crippen molar-refractivity contribution in [2.75, 3.05) is 26.4 Å². The van der Waals surface area contributed by atoms with Crippen molar-refractivity contribution >= 4 is 19.8 Å². The second kappa shape index (κ2) is 40.4. The molecule has 0 aliphatic carbocycles. The molecular weight excluding hydrogens is 689 g/mol. The molecule has 0 amide bonds. The molecule has 53 heavy (non-hydrogen) atoms. The molecule has 0 bridgehead atoms. The van der Waals surface area contributed by atoms with Crippen LogP contribution in [0.1, 0.15) is 219 Å². The highest BCUT2D eigenvalue weighted by Crippen LogP contribution is 2.43. The quantitative estimate of drug-likeness (QED) is 0.0269. The smallest absolute Gasteiger partial charge is 0.462 e. The molecule has 0 aliphatic rings. The van der Waals surface area contributed by atoms with Crippen LogP contribution in [0.2, 0.25) is 0 Å². The predicted octanol–water partition coefficient (Wildman–Crippen LogP) is 12.6. The van der Waals surface area contributed by atoms with Crippen LogP contribution < -0.4 is 5.73 Å². The molecule has 1 unspecified atom stereocenters. The minimum atomic E-state index is -4.37. The van der Waals surface area contributed by atoms with Gasteiger partial charge in [0.2, 0.25) is 0 Å². The maximum atomic E-state index is 12.6. The summed E-state index contributed by atoms with van der Waals surface area (Å²) in [5.74, 6) is -0.835. The van der Waals surface area contributed by atoms with Crippen LogP contribution in [0, 0.1) is 0 Å². The third-order valence-electron chi connectivity index (χ3n) is 9.65. The van der Waals surface area contributed by atoms with Crippen molar-refractivity contribution in [3.8, 4) is 0 Å². The van der Waals surface area contributed by atoms with Crippen LogP contribution in [-0.2, 0) is 32.7 Å². The average Bonchev–Trinajstić information content (AvgIpc) is 3.14. The van der Waals surface area contributed by atoms with Crippen molar-refractivity contribution in [2.24, 2.45) is 5.73 Å². The van der Waals surface area contributed by atoms with Gasteiger partial charge in [-0.05, 0) is 38.5 Å². The number of carbonyl (C=O) groups is 2. The number of rotatable bonds is 42. The number of hydrogen-bond acceptors (Lipinski definition) is 8. The molecule has 0 rings (SSSR count). The largest absolute Gasteiger partial charge is 0.472 e. The summed E-state index contributed by atoms with van der Waals surface area (Å²) in [4.78, 5) is 34.9. The van der Waals surface area contributed by atoms with E-state index < -0.39 is 26.5 Å². The van der Waals surface area contributed by atoms with Crippen molar-refractivity contribution in [2.45, 2.75) is 225 Å². The fourth-order valence-electron chi connectivity index (χ4n) is 6.34. The van der Waals surface area contributed by atoms with Crippen LogP contribution in [0.5, 0.6) is 0 Å². The van der Waals surface area contributed by atoms with Gasteiger partial charge in [-0.15, -0.1) is 0 Å². The third-order valence-corrected chi connectivity index (χ3v) is 10.6. The molecule has 9 nitrogen and oxygen atoms in total. The molecule has 0 saturated carbocycles. The highest BCUT2D eigenvalue weighted by molar-refractivity contribution is 7.47. The Balaban J connectivity index is 4.12. The molecule has 3 N–H and O–H groups in total. The topological polar surface area (TPSA) is 134 Å². The number of ether oxygens (including phenoxy) is 2. The number of esters is 2. The number of phosphoric ester groups is 1. The zero-order valence-corrected chi connectivity index (χ0v) is 35.4. The van der Waals surface area contributed by atoms with E-state index in [1.54, 1.807) is 0 Å². The second-order valence-electron chi connectivity index (χ2n) is 14.9. The van der Waals surface area contributed by atoms with Crippen LogP contribution in [0.4, 0.5) is 0 Å². The number of hydrogen-bond donors (Lipinski definition) is 2. The summed E-state index contributed by atoms with van der Waals surface area (Å²) >= 11 is 0. The SMILES string of the molecule is CCCCCCCCCC/C=C\CCCCCC(=O)O[C@H](COC(=O)CCCCCCCCCCCCCCCCCCC)COP(=O)(O)OCCN. The zero-order valence-electron chi connectivity index (χ0n) is 34.5. The van der Waals surface area contributed by atoms with Gasteiger partial charge in [0.1, 0.15) is 6.61 Å². The first kappa shape index (κ1) is 51.8.